The zero-order chi connectivity index (χ0) is 13.1. The van der Waals surface area contributed by atoms with Crippen molar-refractivity contribution in [3.05, 3.63) is 93.7 Å². The van der Waals surface area contributed by atoms with Crippen LogP contribution in [0.4, 0.5) is 0 Å². The average Bonchev–Trinajstić information content (AvgIpc) is 2.50. The second-order valence-corrected chi connectivity index (χ2v) is 5.39. The normalized spacial score (nSPS) is 12.0. The molecule has 0 saturated heterocycles. The standard InChI is InChI=1S/C20H12/c1-3-9-15-13(7-1)14-8-2-4-10-16(14)20-18-12-6-5-11-17(18)19(15)20/h1-12H. The smallest absolute Gasteiger partial charge is 0.00139 e. The van der Waals surface area contributed by atoms with Gasteiger partial charge in [-0.25, -0.2) is 0 Å². The highest BCUT2D eigenvalue weighted by atomic mass is 14.1. The maximum absolute atomic E-state index is 2.25. The fourth-order valence-electron chi connectivity index (χ4n) is 3.56. The van der Waals surface area contributed by atoms with Gasteiger partial charge in [-0.3, -0.25) is 0 Å². The average molecular weight is 252 g/mol. The molecule has 0 aliphatic heterocycles. The van der Waals surface area contributed by atoms with Gasteiger partial charge in [0.25, 0.3) is 0 Å². The van der Waals surface area contributed by atoms with Crippen LogP contribution in [0, 0.1) is 20.9 Å². The van der Waals surface area contributed by atoms with Gasteiger partial charge < -0.3 is 0 Å². The van der Waals surface area contributed by atoms with E-state index in [1.165, 1.54) is 42.4 Å². The maximum Gasteiger partial charge on any atom is -0.00139 e. The Balaban J connectivity index is 2.30. The fraction of sp³-hybridized carbons (Fsp3) is 0. The van der Waals surface area contributed by atoms with Crippen molar-refractivity contribution in [2.24, 2.45) is 0 Å². The minimum absolute atomic E-state index is 1.36. The lowest BCUT2D eigenvalue weighted by molar-refractivity contribution is 1.34. The van der Waals surface area contributed by atoms with Crippen LogP contribution in [0.1, 0.15) is 0 Å². The van der Waals surface area contributed by atoms with Gasteiger partial charge in [-0.1, -0.05) is 72.8 Å². The number of fused-ring (bicyclic) bond motifs is 7. The highest BCUT2D eigenvalue weighted by Crippen LogP contribution is 2.31. The van der Waals surface area contributed by atoms with Crippen molar-refractivity contribution in [2.75, 3.05) is 0 Å². The van der Waals surface area contributed by atoms with Gasteiger partial charge in [0, 0.05) is 0 Å². The summed E-state index contributed by atoms with van der Waals surface area (Å²) in [6, 6.07) is 26.2. The van der Waals surface area contributed by atoms with E-state index >= 15 is 0 Å². The van der Waals surface area contributed by atoms with Crippen molar-refractivity contribution in [1.29, 1.82) is 0 Å². The molecule has 20 heavy (non-hydrogen) atoms. The van der Waals surface area contributed by atoms with E-state index in [9.17, 15) is 0 Å². The molecule has 0 aromatic heterocycles. The van der Waals surface area contributed by atoms with Gasteiger partial charge in [-0.2, -0.15) is 0 Å². The molecule has 0 N–H and O–H groups in total. The Morgan fingerprint density at radius 2 is 0.700 bits per heavy atom. The molecule has 1 aliphatic carbocycles. The molecule has 0 heterocycles. The minimum atomic E-state index is 1.36. The summed E-state index contributed by atoms with van der Waals surface area (Å²) < 4.78 is 0. The van der Waals surface area contributed by atoms with Crippen LogP contribution in [0.15, 0.2) is 72.8 Å². The predicted molar refractivity (Wildman–Crippen MR) is 83.2 cm³/mol. The van der Waals surface area contributed by atoms with Crippen molar-refractivity contribution >= 4 is 21.5 Å². The second kappa shape index (κ2) is 3.49. The van der Waals surface area contributed by atoms with Gasteiger partial charge >= 0.3 is 0 Å². The number of hydrogen-bond acceptors (Lipinski definition) is 0. The summed E-state index contributed by atoms with van der Waals surface area (Å²) in [4.78, 5) is 0. The van der Waals surface area contributed by atoms with E-state index in [-0.39, 0.29) is 0 Å². The SMILES string of the molecule is c1ccc2c(c1)=c1c=2c2ccccc2c2ccccc12. The summed E-state index contributed by atoms with van der Waals surface area (Å²) >= 11 is 0. The molecule has 0 bridgehead atoms. The third-order valence-corrected chi connectivity index (χ3v) is 4.40. The summed E-state index contributed by atoms with van der Waals surface area (Å²) in [6.45, 7) is 0. The molecule has 0 fully saturated rings. The number of benzene rings is 4. The second-order valence-electron chi connectivity index (χ2n) is 5.39. The molecule has 0 atom stereocenters. The Hall–Kier alpha value is -2.60. The lowest BCUT2D eigenvalue weighted by Gasteiger charge is -2.12. The van der Waals surface area contributed by atoms with E-state index < -0.39 is 0 Å². The first-order chi connectivity index (χ1) is 9.95. The molecule has 0 heteroatoms. The molecule has 0 amide bonds. The lowest BCUT2D eigenvalue weighted by atomic mass is 9.90. The van der Waals surface area contributed by atoms with E-state index in [0.29, 0.717) is 0 Å². The Morgan fingerprint density at radius 1 is 0.350 bits per heavy atom. The Kier molecular flexibility index (Phi) is 1.78. The molecule has 5 rings (SSSR count). The third-order valence-electron chi connectivity index (χ3n) is 4.40. The summed E-state index contributed by atoms with van der Waals surface area (Å²) in [5.41, 5.74) is 0. The first-order valence-electron chi connectivity index (χ1n) is 6.98. The minimum Gasteiger partial charge on any atom is -0.0616 e. The highest BCUT2D eigenvalue weighted by molar-refractivity contribution is 6.08. The van der Waals surface area contributed by atoms with Crippen LogP contribution >= 0.6 is 0 Å². The zero-order valence-corrected chi connectivity index (χ0v) is 10.9. The van der Waals surface area contributed by atoms with Crippen molar-refractivity contribution in [1.82, 2.24) is 0 Å². The molecule has 0 nitrogen and oxygen atoms in total. The van der Waals surface area contributed by atoms with Crippen LogP contribution in [0.5, 0.6) is 0 Å². The Morgan fingerprint density at radius 3 is 1.15 bits per heavy atom. The van der Waals surface area contributed by atoms with Crippen LogP contribution in [-0.4, -0.2) is 0 Å². The molecule has 4 aromatic rings. The molecular formula is C20H12. The van der Waals surface area contributed by atoms with E-state index in [1.807, 2.05) is 0 Å². The van der Waals surface area contributed by atoms with Crippen molar-refractivity contribution in [3.8, 4) is 0 Å². The van der Waals surface area contributed by atoms with E-state index in [4.69, 9.17) is 0 Å². The van der Waals surface area contributed by atoms with E-state index in [1.54, 1.807) is 0 Å². The first-order valence-corrected chi connectivity index (χ1v) is 6.98. The van der Waals surface area contributed by atoms with Crippen LogP contribution in [0.2, 0.25) is 0 Å². The molecule has 92 valence electrons. The van der Waals surface area contributed by atoms with Crippen LogP contribution in [0.3, 0.4) is 0 Å². The number of hydrogen-bond donors (Lipinski definition) is 0. The molecule has 0 spiro atoms. The summed E-state index contributed by atoms with van der Waals surface area (Å²) in [5.74, 6) is 0. The molecule has 0 saturated carbocycles. The summed E-state index contributed by atoms with van der Waals surface area (Å²) in [5, 5.41) is 11.1. The van der Waals surface area contributed by atoms with Gasteiger partial charge in [-0.15, -0.1) is 0 Å². The molecule has 0 radical (unpaired) electrons. The number of rotatable bonds is 0. The van der Waals surface area contributed by atoms with Gasteiger partial charge in [0.2, 0.25) is 0 Å². The fourth-order valence-corrected chi connectivity index (χ4v) is 3.56. The van der Waals surface area contributed by atoms with E-state index in [2.05, 4.69) is 72.8 Å². The maximum atomic E-state index is 2.25. The summed E-state index contributed by atoms with van der Waals surface area (Å²) in [7, 11) is 0. The molecule has 0 unspecified atom stereocenters. The quantitative estimate of drug-likeness (QED) is 0.344. The van der Waals surface area contributed by atoms with Gasteiger partial charge in [0.05, 0.1) is 0 Å². The summed E-state index contributed by atoms with van der Waals surface area (Å²) in [6.07, 6.45) is 0. The zero-order valence-electron chi connectivity index (χ0n) is 10.9. The van der Waals surface area contributed by atoms with Crippen molar-refractivity contribution < 1.29 is 0 Å². The third kappa shape index (κ3) is 1.08. The van der Waals surface area contributed by atoms with Gasteiger partial charge in [-0.05, 0) is 42.4 Å². The monoisotopic (exact) mass is 252 g/mol. The first kappa shape index (κ1) is 10.2. The van der Waals surface area contributed by atoms with Crippen molar-refractivity contribution in [3.63, 3.8) is 0 Å². The van der Waals surface area contributed by atoms with Crippen LogP contribution < -0.4 is 0 Å². The molecule has 1 aliphatic rings. The lowest BCUT2D eigenvalue weighted by Crippen LogP contribution is -1.94. The molecule has 4 aromatic carbocycles. The van der Waals surface area contributed by atoms with E-state index in [0.717, 1.165) is 0 Å². The van der Waals surface area contributed by atoms with Gasteiger partial charge in [0.1, 0.15) is 0 Å². The van der Waals surface area contributed by atoms with Gasteiger partial charge in [0.15, 0.2) is 0 Å². The van der Waals surface area contributed by atoms with Crippen LogP contribution in [-0.2, 0) is 0 Å². The van der Waals surface area contributed by atoms with Crippen LogP contribution in [0.25, 0.3) is 21.5 Å². The largest absolute Gasteiger partial charge is 0.0616 e. The Bertz CT molecular complexity index is 1090. The molecular weight excluding hydrogens is 240 g/mol. The highest BCUT2D eigenvalue weighted by Gasteiger charge is 2.10. The topological polar surface area (TPSA) is 0 Å². The Labute approximate surface area is 115 Å². The van der Waals surface area contributed by atoms with Crippen molar-refractivity contribution in [2.45, 2.75) is 0 Å². The predicted octanol–water partition coefficient (Wildman–Crippen LogP) is 4.88.